The molecule has 0 aromatic carbocycles. The molecule has 23 heavy (non-hydrogen) atoms. The van der Waals surface area contributed by atoms with Crippen molar-refractivity contribution in [2.75, 3.05) is 13.1 Å². The molecule has 3 saturated heterocycles. The fraction of sp³-hybridized carbons (Fsp3) is 0.529. The topological polar surface area (TPSA) is 45.4 Å². The molecule has 0 spiro atoms. The summed E-state index contributed by atoms with van der Waals surface area (Å²) in [6.45, 7) is 7.41. The van der Waals surface area contributed by atoms with Crippen molar-refractivity contribution in [3.8, 4) is 0 Å². The molecule has 2 aromatic rings. The molecule has 6 heteroatoms. The molecule has 3 fully saturated rings. The lowest BCUT2D eigenvalue weighted by Crippen LogP contribution is -2.67. The monoisotopic (exact) mass is 316 g/mol. The van der Waals surface area contributed by atoms with E-state index in [4.69, 9.17) is 4.52 Å². The van der Waals surface area contributed by atoms with E-state index in [-0.39, 0.29) is 5.82 Å². The number of nitrogens with zero attached hydrogens (tertiary/aromatic N) is 4. The Morgan fingerprint density at radius 3 is 2.70 bits per heavy atom. The first-order valence-corrected chi connectivity index (χ1v) is 8.11. The summed E-state index contributed by atoms with van der Waals surface area (Å²) in [5.41, 5.74) is 2.75. The molecule has 2 unspecified atom stereocenters. The number of fused-ring (bicyclic) bond motifs is 2. The third kappa shape index (κ3) is 2.66. The molecule has 122 valence electrons. The standard InChI is InChI=1S/C17H21FN4O/c1-11-15(12(2)23-20-11)9-22-13-6-14(22)8-21(7-13)10-17-16(18)4-3-5-19-17/h3-5,13-14H,6-10H2,1-2H3. The van der Waals surface area contributed by atoms with E-state index in [0.717, 1.165) is 31.1 Å². The third-order valence-electron chi connectivity index (χ3n) is 5.15. The van der Waals surface area contributed by atoms with Crippen LogP contribution in [0.2, 0.25) is 0 Å². The van der Waals surface area contributed by atoms with Crippen molar-refractivity contribution in [3.63, 3.8) is 0 Å². The van der Waals surface area contributed by atoms with Crippen molar-refractivity contribution in [1.29, 1.82) is 0 Å². The normalized spacial score (nSPS) is 24.7. The second-order valence-corrected chi connectivity index (χ2v) is 6.64. The summed E-state index contributed by atoms with van der Waals surface area (Å²) >= 11 is 0. The van der Waals surface area contributed by atoms with Gasteiger partial charge in [-0.3, -0.25) is 14.8 Å². The van der Waals surface area contributed by atoms with Gasteiger partial charge in [-0.15, -0.1) is 0 Å². The molecule has 5 nitrogen and oxygen atoms in total. The Bertz CT molecular complexity index is 685. The van der Waals surface area contributed by atoms with E-state index in [1.165, 1.54) is 18.1 Å². The summed E-state index contributed by atoms with van der Waals surface area (Å²) in [6.07, 6.45) is 2.89. The maximum Gasteiger partial charge on any atom is 0.146 e. The number of rotatable bonds is 4. The first kappa shape index (κ1) is 14.8. The van der Waals surface area contributed by atoms with Crippen LogP contribution < -0.4 is 0 Å². The smallest absolute Gasteiger partial charge is 0.146 e. The van der Waals surface area contributed by atoms with Gasteiger partial charge >= 0.3 is 0 Å². The van der Waals surface area contributed by atoms with E-state index in [1.54, 1.807) is 12.3 Å². The minimum absolute atomic E-state index is 0.209. The molecular weight excluding hydrogens is 295 g/mol. The minimum atomic E-state index is -0.209. The molecule has 0 radical (unpaired) electrons. The van der Waals surface area contributed by atoms with Gasteiger partial charge in [0.1, 0.15) is 11.6 Å². The lowest BCUT2D eigenvalue weighted by Gasteiger charge is -2.56. The fourth-order valence-corrected chi connectivity index (χ4v) is 3.82. The molecule has 0 aliphatic carbocycles. The molecule has 5 rings (SSSR count). The van der Waals surface area contributed by atoms with Gasteiger partial charge in [0.25, 0.3) is 0 Å². The maximum atomic E-state index is 13.8. The van der Waals surface area contributed by atoms with Gasteiger partial charge in [0.15, 0.2) is 0 Å². The van der Waals surface area contributed by atoms with Gasteiger partial charge < -0.3 is 4.52 Å². The first-order chi connectivity index (χ1) is 11.1. The van der Waals surface area contributed by atoms with E-state index >= 15 is 0 Å². The van der Waals surface area contributed by atoms with Gasteiger partial charge in [0.2, 0.25) is 0 Å². The number of aromatic nitrogens is 2. The molecule has 2 atom stereocenters. The van der Waals surface area contributed by atoms with E-state index in [9.17, 15) is 4.39 Å². The summed E-state index contributed by atoms with van der Waals surface area (Å²) in [5.74, 6) is 0.708. The van der Waals surface area contributed by atoms with Crippen LogP contribution in [0.4, 0.5) is 4.39 Å². The zero-order chi connectivity index (χ0) is 16.0. The van der Waals surface area contributed by atoms with Crippen LogP contribution in [-0.4, -0.2) is 45.1 Å². The fourth-order valence-electron chi connectivity index (χ4n) is 3.82. The Kier molecular flexibility index (Phi) is 3.66. The lowest BCUT2D eigenvalue weighted by molar-refractivity contribution is -0.0782. The van der Waals surface area contributed by atoms with Crippen molar-refractivity contribution in [2.45, 2.75) is 45.4 Å². The summed E-state index contributed by atoms with van der Waals surface area (Å²) in [5, 5.41) is 4.04. The quantitative estimate of drug-likeness (QED) is 0.866. The highest BCUT2D eigenvalue weighted by Gasteiger charge is 2.44. The molecule has 0 saturated carbocycles. The Hall–Kier alpha value is -1.79. The van der Waals surface area contributed by atoms with Gasteiger partial charge in [-0.1, -0.05) is 5.16 Å². The van der Waals surface area contributed by atoms with Crippen LogP contribution >= 0.6 is 0 Å². The van der Waals surface area contributed by atoms with Crippen LogP contribution in [0, 0.1) is 19.7 Å². The predicted octanol–water partition coefficient (Wildman–Crippen LogP) is 2.28. The molecule has 2 aromatic heterocycles. The SMILES string of the molecule is Cc1noc(C)c1CN1C2CC1CN(Cc1ncccc1F)C2. The number of piperazine rings is 1. The van der Waals surface area contributed by atoms with E-state index < -0.39 is 0 Å². The van der Waals surface area contributed by atoms with Crippen LogP contribution in [0.5, 0.6) is 0 Å². The highest BCUT2D eigenvalue weighted by Crippen LogP contribution is 2.35. The molecule has 3 aliphatic rings. The number of piperidine rings is 1. The predicted molar refractivity (Wildman–Crippen MR) is 83.2 cm³/mol. The average Bonchev–Trinajstić information content (AvgIpc) is 2.86. The Morgan fingerprint density at radius 1 is 1.26 bits per heavy atom. The highest BCUT2D eigenvalue weighted by molar-refractivity contribution is 5.22. The molecule has 2 bridgehead atoms. The number of aryl methyl sites for hydroxylation is 2. The van der Waals surface area contributed by atoms with Crippen LogP contribution in [-0.2, 0) is 13.1 Å². The number of hydrogen-bond donors (Lipinski definition) is 0. The number of pyridine rings is 1. The Labute approximate surface area is 135 Å². The molecular formula is C17H21FN4O. The van der Waals surface area contributed by atoms with E-state index in [1.807, 2.05) is 13.8 Å². The first-order valence-electron chi connectivity index (χ1n) is 8.11. The van der Waals surface area contributed by atoms with Crippen molar-refractivity contribution in [3.05, 3.63) is 46.9 Å². The second-order valence-electron chi connectivity index (χ2n) is 6.64. The van der Waals surface area contributed by atoms with Crippen molar-refractivity contribution >= 4 is 0 Å². The van der Waals surface area contributed by atoms with Crippen LogP contribution in [0.25, 0.3) is 0 Å². The van der Waals surface area contributed by atoms with Gasteiger partial charge in [0, 0.05) is 50.0 Å². The van der Waals surface area contributed by atoms with E-state index in [2.05, 4.69) is 19.9 Å². The van der Waals surface area contributed by atoms with Gasteiger partial charge in [-0.2, -0.15) is 0 Å². The highest BCUT2D eigenvalue weighted by atomic mass is 19.1. The van der Waals surface area contributed by atoms with Crippen molar-refractivity contribution in [2.24, 2.45) is 0 Å². The number of halogens is 1. The maximum absolute atomic E-state index is 13.8. The summed E-state index contributed by atoms with van der Waals surface area (Å²) in [4.78, 5) is 9.00. The molecule has 5 heterocycles. The minimum Gasteiger partial charge on any atom is -0.361 e. The summed E-state index contributed by atoms with van der Waals surface area (Å²) < 4.78 is 19.0. The average molecular weight is 316 g/mol. The molecule has 3 aliphatic heterocycles. The second kappa shape index (κ2) is 5.69. The van der Waals surface area contributed by atoms with Crippen LogP contribution in [0.1, 0.15) is 29.1 Å². The zero-order valence-electron chi connectivity index (χ0n) is 13.5. The summed E-state index contributed by atoms with van der Waals surface area (Å²) in [7, 11) is 0. The van der Waals surface area contributed by atoms with Crippen molar-refractivity contribution < 1.29 is 8.91 Å². The lowest BCUT2D eigenvalue weighted by atomic mass is 9.86. The molecule has 0 amide bonds. The van der Waals surface area contributed by atoms with Gasteiger partial charge in [-0.25, -0.2) is 4.39 Å². The van der Waals surface area contributed by atoms with E-state index in [0.29, 0.717) is 24.3 Å². The van der Waals surface area contributed by atoms with Crippen LogP contribution in [0.15, 0.2) is 22.9 Å². The Morgan fingerprint density at radius 2 is 2.04 bits per heavy atom. The van der Waals surface area contributed by atoms with Gasteiger partial charge in [-0.05, 0) is 32.4 Å². The zero-order valence-corrected chi connectivity index (χ0v) is 13.5. The number of hydrogen-bond acceptors (Lipinski definition) is 5. The largest absolute Gasteiger partial charge is 0.361 e. The van der Waals surface area contributed by atoms with Crippen LogP contribution in [0.3, 0.4) is 0 Å². The third-order valence-corrected chi connectivity index (χ3v) is 5.15. The van der Waals surface area contributed by atoms with Gasteiger partial charge in [0.05, 0.1) is 11.4 Å². The summed E-state index contributed by atoms with van der Waals surface area (Å²) in [6, 6.07) is 4.19. The molecule has 0 N–H and O–H groups in total. The van der Waals surface area contributed by atoms with Crippen molar-refractivity contribution in [1.82, 2.24) is 19.9 Å². The Balaban J connectivity index is 1.40.